The number of ether oxygens (including phenoxy) is 1. The van der Waals surface area contributed by atoms with Crippen molar-refractivity contribution in [3.05, 3.63) is 29.8 Å². The Labute approximate surface area is 126 Å². The standard InChI is InChI=1S/C17H22N2O2/c1-3-14-6-9-16(12(14)2)19-17(20)11-21-15-7-4-13(10-18)5-8-15/h4-5,7-8,12,14,16H,3,6,9,11H2,1-2H3,(H,19,20). The van der Waals surface area contributed by atoms with Gasteiger partial charge in [0.2, 0.25) is 0 Å². The molecule has 3 unspecified atom stereocenters. The van der Waals surface area contributed by atoms with Crippen LogP contribution in [-0.4, -0.2) is 18.6 Å². The molecule has 1 N–H and O–H groups in total. The average molecular weight is 286 g/mol. The van der Waals surface area contributed by atoms with Crippen molar-refractivity contribution in [1.82, 2.24) is 5.32 Å². The highest BCUT2D eigenvalue weighted by atomic mass is 16.5. The summed E-state index contributed by atoms with van der Waals surface area (Å²) < 4.78 is 5.44. The summed E-state index contributed by atoms with van der Waals surface area (Å²) in [4.78, 5) is 11.9. The summed E-state index contributed by atoms with van der Waals surface area (Å²) in [7, 11) is 0. The maximum atomic E-state index is 11.9. The number of nitrogens with one attached hydrogen (secondary N) is 1. The first-order valence-corrected chi connectivity index (χ1v) is 7.56. The lowest BCUT2D eigenvalue weighted by Gasteiger charge is -2.21. The summed E-state index contributed by atoms with van der Waals surface area (Å²) in [5.41, 5.74) is 0.581. The number of carbonyl (C=O) groups excluding carboxylic acids is 1. The van der Waals surface area contributed by atoms with Gasteiger partial charge in [-0.1, -0.05) is 20.3 Å². The maximum absolute atomic E-state index is 11.9. The Kier molecular flexibility index (Phi) is 5.21. The first-order chi connectivity index (χ1) is 10.1. The molecule has 0 heterocycles. The van der Waals surface area contributed by atoms with Crippen LogP contribution in [-0.2, 0) is 4.79 Å². The fourth-order valence-electron chi connectivity index (χ4n) is 3.05. The SMILES string of the molecule is CCC1CCC(NC(=O)COc2ccc(C#N)cc2)C1C. The largest absolute Gasteiger partial charge is 0.484 e. The van der Waals surface area contributed by atoms with Crippen molar-refractivity contribution in [3.8, 4) is 11.8 Å². The van der Waals surface area contributed by atoms with E-state index in [4.69, 9.17) is 10.00 Å². The Morgan fingerprint density at radius 2 is 2.10 bits per heavy atom. The molecule has 1 saturated carbocycles. The van der Waals surface area contributed by atoms with Crippen LogP contribution >= 0.6 is 0 Å². The van der Waals surface area contributed by atoms with Gasteiger partial charge in [0.15, 0.2) is 6.61 Å². The fraction of sp³-hybridized carbons (Fsp3) is 0.529. The van der Waals surface area contributed by atoms with Gasteiger partial charge in [-0.25, -0.2) is 0 Å². The molecule has 112 valence electrons. The molecule has 0 spiro atoms. The summed E-state index contributed by atoms with van der Waals surface area (Å²) in [5, 5.41) is 11.8. The lowest BCUT2D eigenvalue weighted by molar-refractivity contribution is -0.124. The number of carbonyl (C=O) groups is 1. The van der Waals surface area contributed by atoms with E-state index < -0.39 is 0 Å². The minimum absolute atomic E-state index is 0.0198. The zero-order valence-electron chi connectivity index (χ0n) is 12.6. The van der Waals surface area contributed by atoms with Gasteiger partial charge in [0.05, 0.1) is 11.6 Å². The van der Waals surface area contributed by atoms with Gasteiger partial charge in [0, 0.05) is 6.04 Å². The second-order valence-electron chi connectivity index (χ2n) is 5.70. The Balaban J connectivity index is 1.78. The van der Waals surface area contributed by atoms with Crippen molar-refractivity contribution < 1.29 is 9.53 Å². The van der Waals surface area contributed by atoms with E-state index in [1.54, 1.807) is 24.3 Å². The topological polar surface area (TPSA) is 62.1 Å². The molecule has 1 aromatic carbocycles. The monoisotopic (exact) mass is 286 g/mol. The molecule has 1 fully saturated rings. The predicted octanol–water partition coefficient (Wildman–Crippen LogP) is 2.88. The highest BCUT2D eigenvalue weighted by molar-refractivity contribution is 5.77. The lowest BCUT2D eigenvalue weighted by Crippen LogP contribution is -2.40. The molecule has 0 radical (unpaired) electrons. The van der Waals surface area contributed by atoms with Crippen LogP contribution in [0.2, 0.25) is 0 Å². The van der Waals surface area contributed by atoms with Crippen LogP contribution in [0.5, 0.6) is 5.75 Å². The number of benzene rings is 1. The zero-order chi connectivity index (χ0) is 15.2. The molecule has 0 aliphatic heterocycles. The molecule has 3 atom stereocenters. The van der Waals surface area contributed by atoms with Crippen LogP contribution in [0, 0.1) is 23.2 Å². The van der Waals surface area contributed by atoms with Gasteiger partial charge in [-0.3, -0.25) is 4.79 Å². The minimum Gasteiger partial charge on any atom is -0.484 e. The molecule has 1 amide bonds. The Bertz CT molecular complexity index is 519. The molecule has 0 saturated heterocycles. The molecule has 1 aromatic rings. The second kappa shape index (κ2) is 7.12. The van der Waals surface area contributed by atoms with Crippen LogP contribution in [0.3, 0.4) is 0 Å². The fourth-order valence-corrected chi connectivity index (χ4v) is 3.05. The molecule has 1 aliphatic rings. The third kappa shape index (κ3) is 3.98. The molecule has 4 nitrogen and oxygen atoms in total. The van der Waals surface area contributed by atoms with Crippen molar-refractivity contribution in [1.29, 1.82) is 5.26 Å². The van der Waals surface area contributed by atoms with Crippen molar-refractivity contribution in [2.45, 2.75) is 39.2 Å². The van der Waals surface area contributed by atoms with Gasteiger partial charge >= 0.3 is 0 Å². The number of nitriles is 1. The van der Waals surface area contributed by atoms with Crippen molar-refractivity contribution in [3.63, 3.8) is 0 Å². The Morgan fingerprint density at radius 1 is 1.38 bits per heavy atom. The molecular weight excluding hydrogens is 264 g/mol. The quantitative estimate of drug-likeness (QED) is 0.905. The van der Waals surface area contributed by atoms with Crippen LogP contribution in [0.15, 0.2) is 24.3 Å². The number of amides is 1. The number of nitrogens with zero attached hydrogens (tertiary/aromatic N) is 1. The highest BCUT2D eigenvalue weighted by Crippen LogP contribution is 2.33. The predicted molar refractivity (Wildman–Crippen MR) is 80.8 cm³/mol. The third-order valence-corrected chi connectivity index (χ3v) is 4.45. The summed E-state index contributed by atoms with van der Waals surface area (Å²) in [6.45, 7) is 4.44. The van der Waals surface area contributed by atoms with E-state index in [0.29, 0.717) is 17.2 Å². The first kappa shape index (κ1) is 15.4. The second-order valence-corrected chi connectivity index (χ2v) is 5.70. The number of hydrogen-bond acceptors (Lipinski definition) is 3. The molecule has 0 aromatic heterocycles. The van der Waals surface area contributed by atoms with Crippen LogP contribution in [0.4, 0.5) is 0 Å². The minimum atomic E-state index is -0.0760. The summed E-state index contributed by atoms with van der Waals surface area (Å²) in [5.74, 6) is 1.78. The van der Waals surface area contributed by atoms with E-state index in [0.717, 1.165) is 12.3 Å². The van der Waals surface area contributed by atoms with Crippen molar-refractivity contribution >= 4 is 5.91 Å². The van der Waals surface area contributed by atoms with Crippen LogP contribution < -0.4 is 10.1 Å². The smallest absolute Gasteiger partial charge is 0.258 e. The maximum Gasteiger partial charge on any atom is 0.258 e. The lowest BCUT2D eigenvalue weighted by atomic mass is 9.93. The molecule has 0 bridgehead atoms. The average Bonchev–Trinajstić information content (AvgIpc) is 2.86. The van der Waals surface area contributed by atoms with E-state index in [1.807, 2.05) is 6.07 Å². The van der Waals surface area contributed by atoms with E-state index in [2.05, 4.69) is 19.2 Å². The Morgan fingerprint density at radius 3 is 2.67 bits per heavy atom. The summed E-state index contributed by atoms with van der Waals surface area (Å²) in [6.07, 6.45) is 3.43. The summed E-state index contributed by atoms with van der Waals surface area (Å²) >= 11 is 0. The molecule has 2 rings (SSSR count). The van der Waals surface area contributed by atoms with Crippen LogP contribution in [0.25, 0.3) is 0 Å². The summed E-state index contributed by atoms with van der Waals surface area (Å²) in [6, 6.07) is 9.09. The van der Waals surface area contributed by atoms with Gasteiger partial charge in [-0.2, -0.15) is 5.26 Å². The zero-order valence-corrected chi connectivity index (χ0v) is 12.6. The highest BCUT2D eigenvalue weighted by Gasteiger charge is 2.32. The van der Waals surface area contributed by atoms with E-state index >= 15 is 0 Å². The van der Waals surface area contributed by atoms with E-state index in [9.17, 15) is 4.79 Å². The molecule has 4 heteroatoms. The van der Waals surface area contributed by atoms with E-state index in [1.165, 1.54) is 12.8 Å². The molecule has 21 heavy (non-hydrogen) atoms. The van der Waals surface area contributed by atoms with Gasteiger partial charge in [0.25, 0.3) is 5.91 Å². The van der Waals surface area contributed by atoms with Crippen LogP contribution in [0.1, 0.15) is 38.7 Å². The van der Waals surface area contributed by atoms with E-state index in [-0.39, 0.29) is 18.6 Å². The van der Waals surface area contributed by atoms with Gasteiger partial charge in [-0.05, 0) is 48.9 Å². The van der Waals surface area contributed by atoms with Gasteiger partial charge < -0.3 is 10.1 Å². The molecular formula is C17H22N2O2. The third-order valence-electron chi connectivity index (χ3n) is 4.45. The van der Waals surface area contributed by atoms with Gasteiger partial charge in [-0.15, -0.1) is 0 Å². The van der Waals surface area contributed by atoms with Crippen molar-refractivity contribution in [2.75, 3.05) is 6.61 Å². The first-order valence-electron chi connectivity index (χ1n) is 7.56. The van der Waals surface area contributed by atoms with Crippen molar-refractivity contribution in [2.24, 2.45) is 11.8 Å². The van der Waals surface area contributed by atoms with Gasteiger partial charge in [0.1, 0.15) is 5.75 Å². The number of rotatable bonds is 5. The normalized spacial score (nSPS) is 24.3. The Hall–Kier alpha value is -2.02. The number of hydrogen-bond donors (Lipinski definition) is 1. The molecule has 1 aliphatic carbocycles.